The second-order valence-corrected chi connectivity index (χ2v) is 10.0. The molecule has 14 heteroatoms. The number of thiazole rings is 1. The summed E-state index contributed by atoms with van der Waals surface area (Å²) in [4.78, 5) is 31.1. The maximum absolute atomic E-state index is 14.2. The number of nitrogens with zero attached hydrogens (tertiary/aromatic N) is 5. The standard InChI is InChI=1S/C24H20ClF4N5O3S/c25-14-2-1-3-15(26)22(14)18-8-16(33-37-18)17-12-38-23(32-17)13-4-6-34(7-5-13)21(35)11-36-20-10-30-19(9-31-20)24(27,28)29/h1-3,9-10,12-13,18H,4-8,11H2. The van der Waals surface area contributed by atoms with Crippen molar-refractivity contribution in [2.75, 3.05) is 19.7 Å². The lowest BCUT2D eigenvalue weighted by Gasteiger charge is -2.31. The summed E-state index contributed by atoms with van der Waals surface area (Å²) in [5, 5.41) is 7.19. The molecule has 38 heavy (non-hydrogen) atoms. The molecule has 0 radical (unpaired) electrons. The number of rotatable bonds is 6. The molecule has 0 aliphatic carbocycles. The number of ether oxygens (including phenoxy) is 1. The summed E-state index contributed by atoms with van der Waals surface area (Å²) in [6.07, 6.45) is -2.08. The molecule has 4 heterocycles. The third-order valence-electron chi connectivity index (χ3n) is 6.27. The molecule has 2 aliphatic rings. The van der Waals surface area contributed by atoms with Crippen LogP contribution in [0.4, 0.5) is 17.6 Å². The number of oxime groups is 1. The average Bonchev–Trinajstić information content (AvgIpc) is 3.57. The van der Waals surface area contributed by atoms with Crippen LogP contribution in [0, 0.1) is 5.82 Å². The van der Waals surface area contributed by atoms with Crippen LogP contribution >= 0.6 is 22.9 Å². The topological polar surface area (TPSA) is 89.8 Å². The molecule has 1 atom stereocenters. The van der Waals surface area contributed by atoms with E-state index in [0.717, 1.165) is 11.2 Å². The van der Waals surface area contributed by atoms with E-state index in [1.54, 1.807) is 11.0 Å². The molecule has 5 rings (SSSR count). The number of likely N-dealkylation sites (tertiary alicyclic amines) is 1. The number of alkyl halides is 3. The van der Waals surface area contributed by atoms with Crippen LogP contribution in [0.1, 0.15) is 53.2 Å². The Balaban J connectivity index is 1.11. The maximum Gasteiger partial charge on any atom is 0.434 e. The molecular formula is C24H20ClF4N5O3S. The van der Waals surface area contributed by atoms with Gasteiger partial charge < -0.3 is 14.5 Å². The second kappa shape index (κ2) is 10.8. The van der Waals surface area contributed by atoms with Crippen LogP contribution in [0.3, 0.4) is 0 Å². The van der Waals surface area contributed by atoms with E-state index in [4.69, 9.17) is 26.2 Å². The number of benzene rings is 1. The molecule has 3 aromatic rings. The fourth-order valence-electron chi connectivity index (χ4n) is 4.25. The Morgan fingerprint density at radius 2 is 2.00 bits per heavy atom. The first-order valence-corrected chi connectivity index (χ1v) is 12.9. The van der Waals surface area contributed by atoms with Gasteiger partial charge in [0.25, 0.3) is 5.91 Å². The van der Waals surface area contributed by atoms with Gasteiger partial charge in [-0.05, 0) is 25.0 Å². The van der Waals surface area contributed by atoms with E-state index in [9.17, 15) is 22.4 Å². The zero-order chi connectivity index (χ0) is 26.9. The van der Waals surface area contributed by atoms with Gasteiger partial charge in [-0.3, -0.25) is 4.79 Å². The Kier molecular flexibility index (Phi) is 7.48. The van der Waals surface area contributed by atoms with Crippen molar-refractivity contribution in [3.63, 3.8) is 0 Å². The van der Waals surface area contributed by atoms with Crippen LogP contribution in [0.5, 0.6) is 5.88 Å². The molecule has 2 aliphatic heterocycles. The molecule has 8 nitrogen and oxygen atoms in total. The second-order valence-electron chi connectivity index (χ2n) is 8.72. The molecule has 2 aromatic heterocycles. The summed E-state index contributed by atoms with van der Waals surface area (Å²) in [5.74, 6) is -0.744. The summed E-state index contributed by atoms with van der Waals surface area (Å²) in [6.45, 7) is 0.621. The van der Waals surface area contributed by atoms with Gasteiger partial charge in [0, 0.05) is 36.4 Å². The Morgan fingerprint density at radius 1 is 1.21 bits per heavy atom. The van der Waals surface area contributed by atoms with Crippen LogP contribution in [0.15, 0.2) is 41.1 Å². The maximum atomic E-state index is 14.2. The minimum atomic E-state index is -4.60. The highest BCUT2D eigenvalue weighted by molar-refractivity contribution is 7.10. The predicted molar refractivity (Wildman–Crippen MR) is 130 cm³/mol. The molecular weight excluding hydrogens is 550 g/mol. The normalized spacial score (nSPS) is 18.3. The van der Waals surface area contributed by atoms with Crippen molar-refractivity contribution in [1.29, 1.82) is 0 Å². The van der Waals surface area contributed by atoms with E-state index in [0.29, 0.717) is 50.0 Å². The molecule has 0 saturated carbocycles. The number of carbonyl (C=O) groups is 1. The van der Waals surface area contributed by atoms with Gasteiger partial charge in [0.05, 0.1) is 28.1 Å². The summed E-state index contributed by atoms with van der Waals surface area (Å²) in [6, 6.07) is 4.47. The molecule has 0 bridgehead atoms. The number of carbonyl (C=O) groups excluding carboxylic acids is 1. The van der Waals surface area contributed by atoms with Crippen molar-refractivity contribution in [3.05, 3.63) is 68.8 Å². The molecule has 1 saturated heterocycles. The van der Waals surface area contributed by atoms with E-state index in [1.165, 1.54) is 23.5 Å². The number of amides is 1. The summed E-state index contributed by atoms with van der Waals surface area (Å²) >= 11 is 7.65. The Bertz CT molecular complexity index is 1320. The van der Waals surface area contributed by atoms with Gasteiger partial charge >= 0.3 is 6.18 Å². The van der Waals surface area contributed by atoms with E-state index in [-0.39, 0.29) is 34.9 Å². The van der Waals surface area contributed by atoms with Gasteiger partial charge in [-0.1, -0.05) is 22.8 Å². The molecule has 1 aromatic carbocycles. The third-order valence-corrected chi connectivity index (χ3v) is 7.60. The van der Waals surface area contributed by atoms with E-state index in [1.807, 2.05) is 5.38 Å². The highest BCUT2D eigenvalue weighted by Crippen LogP contribution is 2.37. The van der Waals surface area contributed by atoms with Gasteiger partial charge in [0.15, 0.2) is 18.4 Å². The van der Waals surface area contributed by atoms with E-state index >= 15 is 0 Å². The van der Waals surface area contributed by atoms with E-state index < -0.39 is 23.8 Å². The fraction of sp³-hybridized carbons (Fsp3) is 0.375. The van der Waals surface area contributed by atoms with Crippen LogP contribution in [0.2, 0.25) is 5.02 Å². The highest BCUT2D eigenvalue weighted by Gasteiger charge is 2.33. The van der Waals surface area contributed by atoms with Gasteiger partial charge in [0.2, 0.25) is 5.88 Å². The van der Waals surface area contributed by atoms with Crippen molar-refractivity contribution in [2.24, 2.45) is 5.16 Å². The fourth-order valence-corrected chi connectivity index (χ4v) is 5.53. The number of hydrogen-bond donors (Lipinski definition) is 0. The van der Waals surface area contributed by atoms with Crippen LogP contribution in [-0.4, -0.2) is 51.2 Å². The minimum absolute atomic E-state index is 0.152. The molecule has 1 fully saturated rings. The molecule has 1 unspecified atom stereocenters. The zero-order valence-electron chi connectivity index (χ0n) is 19.6. The Morgan fingerprint density at radius 3 is 2.68 bits per heavy atom. The van der Waals surface area contributed by atoms with Crippen molar-refractivity contribution >= 4 is 34.6 Å². The Labute approximate surface area is 223 Å². The number of aromatic nitrogens is 3. The van der Waals surface area contributed by atoms with Crippen molar-refractivity contribution < 1.29 is 31.9 Å². The monoisotopic (exact) mass is 569 g/mol. The average molecular weight is 570 g/mol. The lowest BCUT2D eigenvalue weighted by molar-refractivity contribution is -0.141. The quantitative estimate of drug-likeness (QED) is 0.370. The predicted octanol–water partition coefficient (Wildman–Crippen LogP) is 5.40. The molecule has 200 valence electrons. The lowest BCUT2D eigenvalue weighted by atomic mass is 9.97. The van der Waals surface area contributed by atoms with Gasteiger partial charge in [-0.15, -0.1) is 11.3 Å². The molecule has 1 amide bonds. The van der Waals surface area contributed by atoms with Gasteiger partial charge in [0.1, 0.15) is 11.5 Å². The first-order chi connectivity index (χ1) is 18.2. The molecule has 0 N–H and O–H groups in total. The Hall–Kier alpha value is -3.32. The number of hydrogen-bond acceptors (Lipinski definition) is 8. The summed E-state index contributed by atoms with van der Waals surface area (Å²) < 4.78 is 57.2. The highest BCUT2D eigenvalue weighted by atomic mass is 35.5. The van der Waals surface area contributed by atoms with Crippen molar-refractivity contribution in [2.45, 2.75) is 37.5 Å². The smallest absolute Gasteiger partial charge is 0.434 e. The van der Waals surface area contributed by atoms with Crippen molar-refractivity contribution in [1.82, 2.24) is 19.9 Å². The zero-order valence-corrected chi connectivity index (χ0v) is 21.2. The van der Waals surface area contributed by atoms with Crippen molar-refractivity contribution in [3.8, 4) is 5.88 Å². The van der Waals surface area contributed by atoms with Crippen LogP contribution in [0.25, 0.3) is 0 Å². The summed E-state index contributed by atoms with van der Waals surface area (Å²) in [5.41, 5.74) is 0.428. The van der Waals surface area contributed by atoms with E-state index in [2.05, 4.69) is 15.1 Å². The largest absolute Gasteiger partial charge is 0.466 e. The van der Waals surface area contributed by atoms with Crippen LogP contribution < -0.4 is 4.74 Å². The first-order valence-electron chi connectivity index (χ1n) is 11.6. The van der Waals surface area contributed by atoms with Gasteiger partial charge in [-0.25, -0.2) is 19.3 Å². The number of piperidine rings is 1. The third kappa shape index (κ3) is 5.73. The van der Waals surface area contributed by atoms with Crippen LogP contribution in [-0.2, 0) is 15.8 Å². The SMILES string of the molecule is O=C(COc1cnc(C(F)(F)F)cn1)N1CCC(c2nc(C3=NOC(c4c(F)cccc4Cl)C3)cs2)CC1. The first kappa shape index (κ1) is 26.3. The van der Waals surface area contributed by atoms with Gasteiger partial charge in [-0.2, -0.15) is 13.2 Å². The lowest BCUT2D eigenvalue weighted by Crippen LogP contribution is -2.40. The minimum Gasteiger partial charge on any atom is -0.466 e. The number of halogens is 5. The molecule has 0 spiro atoms. The summed E-state index contributed by atoms with van der Waals surface area (Å²) in [7, 11) is 0.